The highest BCUT2D eigenvalue weighted by atomic mass is 16.4. The standard InChI is InChI=1S/C17H25NO2/c1-3-4-5-6-7-8-14(2)18-13-15-9-11-16(12-10-15)17(19)20/h3,9-12,14,18H,1,4-8,13H2,2H3,(H,19,20). The molecule has 1 aromatic carbocycles. The van der Waals surface area contributed by atoms with Crippen molar-refractivity contribution in [1.29, 1.82) is 0 Å². The molecule has 0 saturated carbocycles. The number of hydrogen-bond donors (Lipinski definition) is 2. The van der Waals surface area contributed by atoms with Crippen LogP contribution in [0.15, 0.2) is 36.9 Å². The lowest BCUT2D eigenvalue weighted by Gasteiger charge is -2.13. The van der Waals surface area contributed by atoms with E-state index < -0.39 is 5.97 Å². The van der Waals surface area contributed by atoms with Gasteiger partial charge in [0.1, 0.15) is 0 Å². The van der Waals surface area contributed by atoms with Gasteiger partial charge < -0.3 is 10.4 Å². The number of hydrogen-bond acceptors (Lipinski definition) is 2. The van der Waals surface area contributed by atoms with E-state index in [0.717, 1.165) is 18.5 Å². The molecule has 1 aromatic rings. The van der Waals surface area contributed by atoms with Crippen molar-refractivity contribution in [2.24, 2.45) is 0 Å². The third kappa shape index (κ3) is 6.53. The molecular weight excluding hydrogens is 250 g/mol. The van der Waals surface area contributed by atoms with Gasteiger partial charge in [0.25, 0.3) is 0 Å². The number of benzene rings is 1. The van der Waals surface area contributed by atoms with Gasteiger partial charge in [-0.15, -0.1) is 6.58 Å². The maximum atomic E-state index is 10.7. The van der Waals surface area contributed by atoms with Crippen molar-refractivity contribution >= 4 is 5.97 Å². The van der Waals surface area contributed by atoms with Gasteiger partial charge in [-0.2, -0.15) is 0 Å². The second-order valence-corrected chi connectivity index (χ2v) is 5.21. The summed E-state index contributed by atoms with van der Waals surface area (Å²) in [7, 11) is 0. The Labute approximate surface area is 121 Å². The fourth-order valence-corrected chi connectivity index (χ4v) is 2.08. The minimum atomic E-state index is -0.877. The van der Waals surface area contributed by atoms with Crippen LogP contribution in [-0.4, -0.2) is 17.1 Å². The van der Waals surface area contributed by atoms with Crippen LogP contribution in [0.25, 0.3) is 0 Å². The molecular formula is C17H25NO2. The van der Waals surface area contributed by atoms with Crippen LogP contribution in [0, 0.1) is 0 Å². The van der Waals surface area contributed by atoms with Gasteiger partial charge in [-0.05, 0) is 43.9 Å². The van der Waals surface area contributed by atoms with Gasteiger partial charge in [0.15, 0.2) is 0 Å². The first kappa shape index (κ1) is 16.4. The van der Waals surface area contributed by atoms with Crippen molar-refractivity contribution in [3.05, 3.63) is 48.0 Å². The van der Waals surface area contributed by atoms with Gasteiger partial charge in [-0.1, -0.05) is 31.1 Å². The maximum absolute atomic E-state index is 10.7. The van der Waals surface area contributed by atoms with E-state index in [1.807, 2.05) is 18.2 Å². The highest BCUT2D eigenvalue weighted by Crippen LogP contribution is 2.08. The smallest absolute Gasteiger partial charge is 0.335 e. The normalized spacial score (nSPS) is 12.1. The fraction of sp³-hybridized carbons (Fsp3) is 0.471. The van der Waals surface area contributed by atoms with Crippen molar-refractivity contribution in [1.82, 2.24) is 5.32 Å². The molecule has 3 heteroatoms. The summed E-state index contributed by atoms with van der Waals surface area (Å²) in [6.45, 7) is 6.70. The third-order valence-corrected chi connectivity index (χ3v) is 3.40. The Bertz CT molecular complexity index is 412. The van der Waals surface area contributed by atoms with Crippen molar-refractivity contribution < 1.29 is 9.90 Å². The molecule has 2 N–H and O–H groups in total. The average molecular weight is 275 g/mol. The molecule has 1 rings (SSSR count). The number of carbonyl (C=O) groups is 1. The summed E-state index contributed by atoms with van der Waals surface area (Å²) in [4.78, 5) is 10.7. The number of unbranched alkanes of at least 4 members (excludes halogenated alkanes) is 3. The minimum absolute atomic E-state index is 0.337. The molecule has 110 valence electrons. The molecule has 0 spiro atoms. The Morgan fingerprint density at radius 2 is 2.00 bits per heavy atom. The second-order valence-electron chi connectivity index (χ2n) is 5.21. The monoisotopic (exact) mass is 275 g/mol. The van der Waals surface area contributed by atoms with Gasteiger partial charge in [0, 0.05) is 12.6 Å². The number of carboxylic acids is 1. The Kier molecular flexibility index (Phi) is 7.66. The Hall–Kier alpha value is -1.61. The lowest BCUT2D eigenvalue weighted by molar-refractivity contribution is 0.0697. The van der Waals surface area contributed by atoms with E-state index in [-0.39, 0.29) is 0 Å². The van der Waals surface area contributed by atoms with Crippen LogP contribution in [0.5, 0.6) is 0 Å². The van der Waals surface area contributed by atoms with Crippen LogP contribution < -0.4 is 5.32 Å². The van der Waals surface area contributed by atoms with Crippen molar-refractivity contribution in [2.75, 3.05) is 0 Å². The zero-order chi connectivity index (χ0) is 14.8. The first-order valence-corrected chi connectivity index (χ1v) is 7.30. The van der Waals surface area contributed by atoms with Gasteiger partial charge in [0.2, 0.25) is 0 Å². The van der Waals surface area contributed by atoms with Gasteiger partial charge in [0.05, 0.1) is 5.56 Å². The van der Waals surface area contributed by atoms with Gasteiger partial charge in [-0.3, -0.25) is 0 Å². The first-order valence-electron chi connectivity index (χ1n) is 7.30. The molecule has 20 heavy (non-hydrogen) atoms. The summed E-state index contributed by atoms with van der Waals surface area (Å²) in [5, 5.41) is 12.3. The molecule has 0 bridgehead atoms. The molecule has 0 radical (unpaired) electrons. The highest BCUT2D eigenvalue weighted by molar-refractivity contribution is 5.87. The summed E-state index contributed by atoms with van der Waals surface area (Å²) < 4.78 is 0. The predicted octanol–water partition coefficient (Wildman–Crippen LogP) is 4.00. The molecule has 1 atom stereocenters. The Morgan fingerprint density at radius 3 is 2.60 bits per heavy atom. The van der Waals surface area contributed by atoms with Gasteiger partial charge in [-0.25, -0.2) is 4.79 Å². The van der Waals surface area contributed by atoms with E-state index in [0.29, 0.717) is 11.6 Å². The summed E-state index contributed by atoms with van der Waals surface area (Å²) in [5.74, 6) is -0.877. The lowest BCUT2D eigenvalue weighted by atomic mass is 10.1. The van der Waals surface area contributed by atoms with E-state index >= 15 is 0 Å². The lowest BCUT2D eigenvalue weighted by Crippen LogP contribution is -2.25. The molecule has 0 amide bonds. The first-order chi connectivity index (χ1) is 9.63. The van der Waals surface area contributed by atoms with E-state index in [1.54, 1.807) is 12.1 Å². The average Bonchev–Trinajstić information content (AvgIpc) is 2.45. The number of aromatic carboxylic acids is 1. The molecule has 1 unspecified atom stereocenters. The van der Waals surface area contributed by atoms with Crippen LogP contribution >= 0.6 is 0 Å². The van der Waals surface area contributed by atoms with E-state index in [1.165, 1.54) is 25.7 Å². The Morgan fingerprint density at radius 1 is 1.30 bits per heavy atom. The largest absolute Gasteiger partial charge is 0.478 e. The number of carboxylic acid groups (broad SMARTS) is 1. The number of nitrogens with one attached hydrogen (secondary N) is 1. The topological polar surface area (TPSA) is 49.3 Å². The maximum Gasteiger partial charge on any atom is 0.335 e. The minimum Gasteiger partial charge on any atom is -0.478 e. The van der Waals surface area contributed by atoms with Crippen LogP contribution in [0.3, 0.4) is 0 Å². The summed E-state index contributed by atoms with van der Waals surface area (Å²) in [6.07, 6.45) is 7.97. The molecule has 0 heterocycles. The van der Waals surface area contributed by atoms with Crippen molar-refractivity contribution in [2.45, 2.75) is 51.6 Å². The molecule has 0 aromatic heterocycles. The highest BCUT2D eigenvalue weighted by Gasteiger charge is 2.04. The second kappa shape index (κ2) is 9.32. The number of rotatable bonds is 10. The molecule has 0 aliphatic carbocycles. The molecule has 0 aliphatic rings. The molecule has 0 fully saturated rings. The summed E-state index contributed by atoms with van der Waals surface area (Å²) >= 11 is 0. The van der Waals surface area contributed by atoms with Crippen molar-refractivity contribution in [3.8, 4) is 0 Å². The van der Waals surface area contributed by atoms with Crippen molar-refractivity contribution in [3.63, 3.8) is 0 Å². The predicted molar refractivity (Wildman–Crippen MR) is 83.0 cm³/mol. The van der Waals surface area contributed by atoms with Gasteiger partial charge >= 0.3 is 5.97 Å². The molecule has 3 nitrogen and oxygen atoms in total. The van der Waals surface area contributed by atoms with Crippen LogP contribution in [0.4, 0.5) is 0 Å². The van der Waals surface area contributed by atoms with E-state index in [2.05, 4.69) is 18.8 Å². The van der Waals surface area contributed by atoms with Crippen LogP contribution in [0.2, 0.25) is 0 Å². The third-order valence-electron chi connectivity index (χ3n) is 3.40. The van der Waals surface area contributed by atoms with Crippen LogP contribution in [0.1, 0.15) is 54.9 Å². The Balaban J connectivity index is 2.21. The SMILES string of the molecule is C=CCCCCCC(C)NCc1ccc(C(=O)O)cc1. The fourth-order valence-electron chi connectivity index (χ4n) is 2.08. The summed E-state index contributed by atoms with van der Waals surface area (Å²) in [6, 6.07) is 7.52. The zero-order valence-electron chi connectivity index (χ0n) is 12.3. The molecule has 0 saturated heterocycles. The van der Waals surface area contributed by atoms with Crippen LogP contribution in [-0.2, 0) is 6.54 Å². The zero-order valence-corrected chi connectivity index (χ0v) is 12.3. The van der Waals surface area contributed by atoms with E-state index in [9.17, 15) is 4.79 Å². The van der Waals surface area contributed by atoms with E-state index in [4.69, 9.17) is 5.11 Å². The summed E-state index contributed by atoms with van der Waals surface area (Å²) in [5.41, 5.74) is 1.46. The quantitative estimate of drug-likeness (QED) is 0.501. The number of allylic oxidation sites excluding steroid dienone is 1. The molecule has 0 aliphatic heterocycles.